The van der Waals surface area contributed by atoms with Gasteiger partial charge in [-0.05, 0) is 55.4 Å². The highest BCUT2D eigenvalue weighted by molar-refractivity contribution is 9.33. The molecule has 0 aromatic rings. The molecule has 1 aliphatic rings. The highest BCUT2D eigenvalue weighted by atomic mass is 79.9. The molecule has 0 aromatic heterocycles. The van der Waals surface area contributed by atoms with Crippen molar-refractivity contribution < 1.29 is 4.79 Å². The minimum atomic E-state index is -0.197. The maximum Gasteiger partial charge on any atom is 0.252 e. The van der Waals surface area contributed by atoms with Crippen molar-refractivity contribution in [2.75, 3.05) is 0 Å². The number of hydrogen-bond donors (Lipinski definition) is 0. The predicted molar refractivity (Wildman–Crippen MR) is 41.2 cm³/mol. The maximum atomic E-state index is 10.2. The molecule has 7 heavy (non-hydrogen) atoms. The Morgan fingerprint density at radius 1 is 1.43 bits per heavy atom. The van der Waals surface area contributed by atoms with E-state index in [9.17, 15) is 4.79 Å². The van der Waals surface area contributed by atoms with E-state index in [1.54, 1.807) is 0 Å². The van der Waals surface area contributed by atoms with Crippen molar-refractivity contribution in [3.63, 3.8) is 0 Å². The lowest BCUT2D eigenvalue weighted by atomic mass is 11.7. The lowest BCUT2D eigenvalue weighted by Crippen LogP contribution is -2.14. The molecule has 0 amide bonds. The fraction of sp³-hybridized carbons (Fsp3) is 0.500. The molecule has 1 fully saturated rings. The highest BCUT2D eigenvalue weighted by Crippen LogP contribution is 2.61. The summed E-state index contributed by atoms with van der Waals surface area (Å²) < 4.78 is -0.0365. The fourth-order valence-corrected chi connectivity index (χ4v) is 4.61. The van der Waals surface area contributed by atoms with Gasteiger partial charge in [-0.15, -0.1) is 0 Å². The van der Waals surface area contributed by atoms with Gasteiger partial charge in [0.05, 0.1) is 0 Å². The third-order valence-corrected chi connectivity index (χ3v) is 4.16. The van der Waals surface area contributed by atoms with Crippen LogP contribution in [0.4, 0.5) is 4.79 Å². The third-order valence-electron chi connectivity index (χ3n) is 0.404. The lowest BCUT2D eigenvalue weighted by Gasteiger charge is -2.24. The molecule has 5 heteroatoms. The number of thioether (sulfide) groups is 2. The molecular formula is C2Br2OS2. The van der Waals surface area contributed by atoms with Crippen LogP contribution in [0, 0.1) is 0 Å². The second-order valence-electron chi connectivity index (χ2n) is 0.917. The summed E-state index contributed by atoms with van der Waals surface area (Å²) in [5.74, 6) is 0. The molecule has 1 aliphatic heterocycles. The van der Waals surface area contributed by atoms with Gasteiger partial charge < -0.3 is 0 Å². The highest BCUT2D eigenvalue weighted by Gasteiger charge is 2.41. The van der Waals surface area contributed by atoms with Crippen molar-refractivity contribution in [2.24, 2.45) is 0 Å². The van der Waals surface area contributed by atoms with Crippen molar-refractivity contribution in [1.82, 2.24) is 0 Å². The summed E-state index contributed by atoms with van der Waals surface area (Å²) in [5, 5.41) is 0. The summed E-state index contributed by atoms with van der Waals surface area (Å²) in [7, 11) is 0. The molecule has 0 unspecified atom stereocenters. The van der Waals surface area contributed by atoms with Gasteiger partial charge in [0, 0.05) is 0 Å². The van der Waals surface area contributed by atoms with E-state index in [4.69, 9.17) is 0 Å². The van der Waals surface area contributed by atoms with Crippen LogP contribution in [-0.4, -0.2) is 6.34 Å². The molecule has 1 nitrogen and oxygen atoms in total. The van der Waals surface area contributed by atoms with Crippen LogP contribution in [0.15, 0.2) is 0 Å². The Balaban J connectivity index is 2.43. The zero-order valence-corrected chi connectivity index (χ0v) is 7.79. The average molecular weight is 264 g/mol. The molecule has 0 aromatic carbocycles. The van der Waals surface area contributed by atoms with Gasteiger partial charge in [0.15, 0.2) is 1.90 Å². The molecule has 0 radical (unpaired) electrons. The summed E-state index contributed by atoms with van der Waals surface area (Å²) in [6, 6.07) is 0. The first-order valence-electron chi connectivity index (χ1n) is 1.40. The molecule has 1 heterocycles. The van der Waals surface area contributed by atoms with Gasteiger partial charge in [-0.2, -0.15) is 0 Å². The van der Waals surface area contributed by atoms with Gasteiger partial charge in [0.1, 0.15) is 0 Å². The zero-order chi connectivity index (χ0) is 5.49. The smallest absolute Gasteiger partial charge is 0.252 e. The largest absolute Gasteiger partial charge is 0.274 e. The van der Waals surface area contributed by atoms with Crippen molar-refractivity contribution >= 4 is 59.8 Å². The number of halogens is 2. The Kier molecular flexibility index (Phi) is 1.78. The van der Waals surface area contributed by atoms with E-state index >= 15 is 0 Å². The van der Waals surface area contributed by atoms with E-state index in [0.717, 1.165) is 0 Å². The molecular weight excluding hydrogens is 264 g/mol. The van der Waals surface area contributed by atoms with Crippen molar-refractivity contribution in [1.29, 1.82) is 0 Å². The summed E-state index contributed by atoms with van der Waals surface area (Å²) in [6.07, 6.45) is 0. The Morgan fingerprint density at radius 2 is 1.86 bits per heavy atom. The van der Waals surface area contributed by atoms with E-state index in [1.165, 1.54) is 23.5 Å². The lowest BCUT2D eigenvalue weighted by molar-refractivity contribution is 0.276. The van der Waals surface area contributed by atoms with Crippen LogP contribution in [0.2, 0.25) is 0 Å². The van der Waals surface area contributed by atoms with Crippen LogP contribution in [0.3, 0.4) is 0 Å². The fourth-order valence-electron chi connectivity index (χ4n) is 0.202. The average Bonchev–Trinajstić information content (AvgIpc) is 1.27. The number of alkyl halides is 2. The van der Waals surface area contributed by atoms with Crippen molar-refractivity contribution in [3.05, 3.63) is 0 Å². The first-order valence-corrected chi connectivity index (χ1v) is 4.62. The first kappa shape index (κ1) is 6.45. The number of rotatable bonds is 0. The Labute approximate surface area is 66.2 Å². The van der Waals surface area contributed by atoms with E-state index < -0.39 is 0 Å². The van der Waals surface area contributed by atoms with Gasteiger partial charge in [-0.25, -0.2) is 0 Å². The third kappa shape index (κ3) is 1.62. The Bertz CT molecular complexity index is 102. The summed E-state index contributed by atoms with van der Waals surface area (Å²) in [5.41, 5.74) is 0. The van der Waals surface area contributed by atoms with Crippen LogP contribution in [0.1, 0.15) is 0 Å². The predicted octanol–water partition coefficient (Wildman–Crippen LogP) is 2.99. The van der Waals surface area contributed by atoms with E-state index in [2.05, 4.69) is 31.9 Å². The van der Waals surface area contributed by atoms with Gasteiger partial charge in [-0.3, -0.25) is 4.79 Å². The molecule has 40 valence electrons. The van der Waals surface area contributed by atoms with E-state index in [1.807, 2.05) is 0 Å². The summed E-state index contributed by atoms with van der Waals surface area (Å²) in [4.78, 5) is 10.2. The second kappa shape index (κ2) is 1.93. The zero-order valence-electron chi connectivity index (χ0n) is 2.98. The van der Waals surface area contributed by atoms with Crippen LogP contribution >= 0.6 is 55.4 Å². The molecule has 0 bridgehead atoms. The van der Waals surface area contributed by atoms with Crippen LogP contribution < -0.4 is 0 Å². The first-order chi connectivity index (χ1) is 3.10. The molecule has 0 atom stereocenters. The van der Waals surface area contributed by atoms with E-state index in [0.29, 0.717) is 0 Å². The quantitative estimate of drug-likeness (QED) is 0.626. The van der Waals surface area contributed by atoms with Crippen LogP contribution in [0.25, 0.3) is 0 Å². The molecule has 1 saturated heterocycles. The van der Waals surface area contributed by atoms with Gasteiger partial charge in [0.2, 0.25) is 0 Å². The van der Waals surface area contributed by atoms with Crippen LogP contribution in [0.5, 0.6) is 0 Å². The normalized spacial score (nSPS) is 26.9. The standard InChI is InChI=1S/C2Br2OS2/c3-2(4)6-1(5)7-2. The Hall–Kier alpha value is 1.33. The minimum Gasteiger partial charge on any atom is -0.274 e. The molecule has 0 N–H and O–H groups in total. The maximum absolute atomic E-state index is 10.2. The molecule has 0 aliphatic carbocycles. The Morgan fingerprint density at radius 3 is 1.86 bits per heavy atom. The number of carbonyl (C=O) groups excluding carboxylic acids is 1. The van der Waals surface area contributed by atoms with E-state index in [-0.39, 0.29) is 6.34 Å². The summed E-state index contributed by atoms with van der Waals surface area (Å²) in [6.45, 7) is 0. The second-order valence-corrected chi connectivity index (χ2v) is 9.35. The number of hydrogen-bond acceptors (Lipinski definition) is 3. The number of carbonyl (C=O) groups is 1. The van der Waals surface area contributed by atoms with Crippen molar-refractivity contribution in [3.8, 4) is 0 Å². The molecule has 0 saturated carbocycles. The molecule has 1 rings (SSSR count). The van der Waals surface area contributed by atoms with Crippen molar-refractivity contribution in [2.45, 2.75) is 1.90 Å². The molecule has 0 spiro atoms. The SMILES string of the molecule is O=C1SC(Br)(Br)S1. The summed E-state index contributed by atoms with van der Waals surface area (Å²) >= 11 is 8.94. The van der Waals surface area contributed by atoms with Gasteiger partial charge >= 0.3 is 0 Å². The van der Waals surface area contributed by atoms with Gasteiger partial charge in [0.25, 0.3) is 4.45 Å². The topological polar surface area (TPSA) is 17.1 Å². The van der Waals surface area contributed by atoms with Gasteiger partial charge in [-0.1, -0.05) is 0 Å². The van der Waals surface area contributed by atoms with Crippen LogP contribution in [-0.2, 0) is 0 Å². The monoisotopic (exact) mass is 262 g/mol. The minimum absolute atomic E-state index is 0.161.